The van der Waals surface area contributed by atoms with E-state index in [0.29, 0.717) is 22.9 Å². The van der Waals surface area contributed by atoms with E-state index in [0.717, 1.165) is 0 Å². The summed E-state index contributed by atoms with van der Waals surface area (Å²) in [5.41, 5.74) is 0.649. The molecule has 0 aliphatic heterocycles. The van der Waals surface area contributed by atoms with E-state index in [9.17, 15) is 4.79 Å². The Balaban J connectivity index is 1.55. The lowest BCUT2D eigenvalue weighted by Gasteiger charge is -2.14. The van der Waals surface area contributed by atoms with E-state index in [1.54, 1.807) is 12.1 Å². The Bertz CT molecular complexity index is 902. The molecule has 136 valence electrons. The fraction of sp³-hybridized carbons (Fsp3) is 0.0476. The molecule has 0 aliphatic rings. The van der Waals surface area contributed by atoms with Gasteiger partial charge in [0.05, 0.1) is 5.69 Å². The molecule has 6 heteroatoms. The molecule has 0 saturated carbocycles. The Morgan fingerprint density at radius 3 is 2.11 bits per heavy atom. The second-order valence-corrected chi connectivity index (χ2v) is 5.92. The molecule has 3 rings (SSSR count). The Labute approximate surface area is 162 Å². The third-order valence-corrected chi connectivity index (χ3v) is 3.68. The van der Waals surface area contributed by atoms with E-state index < -0.39 is 0 Å². The van der Waals surface area contributed by atoms with Crippen LogP contribution in [0.2, 0.25) is 0 Å². The van der Waals surface area contributed by atoms with Crippen LogP contribution in [0.25, 0.3) is 0 Å². The summed E-state index contributed by atoms with van der Waals surface area (Å²) in [5, 5.41) is 5.74. The number of ether oxygens (including phenoxy) is 2. The smallest absolute Gasteiger partial charge is 0.264 e. The molecule has 3 aromatic carbocycles. The number of rotatable bonds is 6. The van der Waals surface area contributed by atoms with Crippen LogP contribution in [0.4, 0.5) is 5.69 Å². The van der Waals surface area contributed by atoms with Crippen molar-refractivity contribution in [3.05, 3.63) is 84.9 Å². The molecule has 0 aliphatic carbocycles. The number of benzene rings is 3. The van der Waals surface area contributed by atoms with Crippen molar-refractivity contribution in [2.24, 2.45) is 0 Å². The zero-order chi connectivity index (χ0) is 18.9. The molecule has 0 unspecified atom stereocenters. The molecule has 0 fully saturated rings. The standard InChI is InChI=1S/C21H18N2O3S/c24-20(15-25-16-9-3-1-4-10-16)23-21(27)22-18-13-7-8-14-19(18)26-17-11-5-2-6-12-17/h1-14H,15H2,(H2,22,23,24,27). The maximum absolute atomic E-state index is 12.0. The Morgan fingerprint density at radius 2 is 1.41 bits per heavy atom. The highest BCUT2D eigenvalue weighted by Crippen LogP contribution is 2.28. The van der Waals surface area contributed by atoms with Crippen LogP contribution in [0.1, 0.15) is 0 Å². The van der Waals surface area contributed by atoms with E-state index in [2.05, 4.69) is 10.6 Å². The van der Waals surface area contributed by atoms with Crippen molar-refractivity contribution in [3.8, 4) is 17.2 Å². The van der Waals surface area contributed by atoms with Gasteiger partial charge in [0.1, 0.15) is 11.5 Å². The summed E-state index contributed by atoms with van der Waals surface area (Å²) < 4.78 is 11.3. The lowest BCUT2D eigenvalue weighted by atomic mass is 10.3. The number of nitrogens with one attached hydrogen (secondary N) is 2. The lowest BCUT2D eigenvalue weighted by molar-refractivity contribution is -0.121. The average Bonchev–Trinajstić information content (AvgIpc) is 2.69. The van der Waals surface area contributed by atoms with Crippen LogP contribution >= 0.6 is 12.2 Å². The first kappa shape index (κ1) is 18.4. The van der Waals surface area contributed by atoms with Gasteiger partial charge in [-0.1, -0.05) is 48.5 Å². The van der Waals surface area contributed by atoms with Gasteiger partial charge < -0.3 is 14.8 Å². The summed E-state index contributed by atoms with van der Waals surface area (Å²) in [6, 6.07) is 25.9. The molecular weight excluding hydrogens is 360 g/mol. The first-order valence-corrected chi connectivity index (χ1v) is 8.72. The van der Waals surface area contributed by atoms with E-state index in [4.69, 9.17) is 21.7 Å². The molecule has 27 heavy (non-hydrogen) atoms. The van der Waals surface area contributed by atoms with E-state index >= 15 is 0 Å². The van der Waals surface area contributed by atoms with Gasteiger partial charge in [0, 0.05) is 0 Å². The van der Waals surface area contributed by atoms with Crippen LogP contribution < -0.4 is 20.1 Å². The normalized spacial score (nSPS) is 9.93. The Morgan fingerprint density at radius 1 is 0.815 bits per heavy atom. The van der Waals surface area contributed by atoms with E-state index in [-0.39, 0.29) is 17.6 Å². The van der Waals surface area contributed by atoms with Crippen molar-refractivity contribution in [3.63, 3.8) is 0 Å². The summed E-state index contributed by atoms with van der Waals surface area (Å²) in [6.45, 7) is -0.131. The number of anilines is 1. The molecule has 0 radical (unpaired) electrons. The number of amides is 1. The number of carbonyl (C=O) groups is 1. The van der Waals surface area contributed by atoms with Crippen LogP contribution in [0, 0.1) is 0 Å². The lowest BCUT2D eigenvalue weighted by Crippen LogP contribution is -2.37. The first-order valence-electron chi connectivity index (χ1n) is 8.31. The number of para-hydroxylation sites is 4. The minimum absolute atomic E-state index is 0.131. The minimum Gasteiger partial charge on any atom is -0.484 e. The van der Waals surface area contributed by atoms with Gasteiger partial charge >= 0.3 is 0 Å². The predicted molar refractivity (Wildman–Crippen MR) is 109 cm³/mol. The minimum atomic E-state index is -0.349. The van der Waals surface area contributed by atoms with Crippen LogP contribution in [-0.4, -0.2) is 17.6 Å². The van der Waals surface area contributed by atoms with E-state index in [1.807, 2.05) is 72.8 Å². The molecule has 0 spiro atoms. The Kier molecular flexibility index (Phi) is 6.38. The van der Waals surface area contributed by atoms with Gasteiger partial charge in [-0.2, -0.15) is 0 Å². The van der Waals surface area contributed by atoms with Crippen molar-refractivity contribution >= 4 is 28.9 Å². The average molecular weight is 378 g/mol. The molecule has 0 saturated heterocycles. The number of thiocarbonyl (C=S) groups is 1. The van der Waals surface area contributed by atoms with Gasteiger partial charge in [0.25, 0.3) is 5.91 Å². The zero-order valence-corrected chi connectivity index (χ0v) is 15.2. The monoisotopic (exact) mass is 378 g/mol. The van der Waals surface area contributed by atoms with Crippen molar-refractivity contribution in [1.29, 1.82) is 0 Å². The molecule has 3 aromatic rings. The summed E-state index contributed by atoms with van der Waals surface area (Å²) >= 11 is 5.21. The molecule has 0 aromatic heterocycles. The molecule has 0 atom stereocenters. The van der Waals surface area contributed by atoms with Crippen LogP contribution in [0.15, 0.2) is 84.9 Å². The van der Waals surface area contributed by atoms with Gasteiger partial charge in [-0.15, -0.1) is 0 Å². The number of hydrogen-bond donors (Lipinski definition) is 2. The quantitative estimate of drug-likeness (QED) is 0.624. The third-order valence-electron chi connectivity index (χ3n) is 3.47. The third kappa shape index (κ3) is 5.83. The Hall–Kier alpha value is -3.38. The van der Waals surface area contributed by atoms with Crippen molar-refractivity contribution in [2.75, 3.05) is 11.9 Å². The highest BCUT2D eigenvalue weighted by Gasteiger charge is 2.09. The number of hydrogen-bond acceptors (Lipinski definition) is 4. The summed E-state index contributed by atoms with van der Waals surface area (Å²) in [5.74, 6) is 1.57. The van der Waals surface area contributed by atoms with Gasteiger partial charge in [-0.3, -0.25) is 10.1 Å². The summed E-state index contributed by atoms with van der Waals surface area (Å²) in [7, 11) is 0. The first-order chi connectivity index (χ1) is 13.2. The van der Waals surface area contributed by atoms with Gasteiger partial charge in [-0.25, -0.2) is 0 Å². The van der Waals surface area contributed by atoms with Crippen molar-refractivity contribution in [2.45, 2.75) is 0 Å². The maximum Gasteiger partial charge on any atom is 0.264 e. The highest BCUT2D eigenvalue weighted by atomic mass is 32.1. The highest BCUT2D eigenvalue weighted by molar-refractivity contribution is 7.80. The molecule has 0 heterocycles. The largest absolute Gasteiger partial charge is 0.484 e. The van der Waals surface area contributed by atoms with Crippen molar-refractivity contribution in [1.82, 2.24) is 5.32 Å². The van der Waals surface area contributed by atoms with Gasteiger partial charge in [-0.05, 0) is 48.6 Å². The fourth-order valence-electron chi connectivity index (χ4n) is 2.26. The summed E-state index contributed by atoms with van der Waals surface area (Å²) in [4.78, 5) is 12.0. The molecule has 1 amide bonds. The maximum atomic E-state index is 12.0. The van der Waals surface area contributed by atoms with Crippen LogP contribution in [0.3, 0.4) is 0 Å². The van der Waals surface area contributed by atoms with Gasteiger partial charge in [0.2, 0.25) is 0 Å². The number of carbonyl (C=O) groups excluding carboxylic acids is 1. The van der Waals surface area contributed by atoms with Crippen LogP contribution in [0.5, 0.6) is 17.2 Å². The van der Waals surface area contributed by atoms with Crippen molar-refractivity contribution < 1.29 is 14.3 Å². The fourth-order valence-corrected chi connectivity index (χ4v) is 2.48. The molecule has 2 N–H and O–H groups in total. The predicted octanol–water partition coefficient (Wildman–Crippen LogP) is 4.37. The SMILES string of the molecule is O=C(COc1ccccc1)NC(=S)Nc1ccccc1Oc1ccccc1. The second kappa shape index (κ2) is 9.35. The summed E-state index contributed by atoms with van der Waals surface area (Å²) in [6.07, 6.45) is 0. The van der Waals surface area contributed by atoms with E-state index in [1.165, 1.54) is 0 Å². The molecular formula is C21H18N2O3S. The van der Waals surface area contributed by atoms with Gasteiger partial charge in [0.15, 0.2) is 17.5 Å². The van der Waals surface area contributed by atoms with Crippen LogP contribution in [-0.2, 0) is 4.79 Å². The topological polar surface area (TPSA) is 59.6 Å². The zero-order valence-electron chi connectivity index (χ0n) is 14.4. The molecule has 5 nitrogen and oxygen atoms in total. The second-order valence-electron chi connectivity index (χ2n) is 5.52. The molecule has 0 bridgehead atoms.